The van der Waals surface area contributed by atoms with E-state index in [0.717, 1.165) is 48.1 Å². The van der Waals surface area contributed by atoms with E-state index in [2.05, 4.69) is 19.1 Å². The number of hydrogen-bond acceptors (Lipinski definition) is 2. The maximum atomic E-state index is 11.7. The van der Waals surface area contributed by atoms with E-state index in [-0.39, 0.29) is 5.63 Å². The first-order valence-corrected chi connectivity index (χ1v) is 6.97. The Morgan fingerprint density at radius 1 is 1.11 bits per heavy atom. The lowest BCUT2D eigenvalue weighted by Crippen LogP contribution is -2.06. The Morgan fingerprint density at radius 3 is 2.47 bits per heavy atom. The van der Waals surface area contributed by atoms with Crippen molar-refractivity contribution in [3.63, 3.8) is 0 Å². The highest BCUT2D eigenvalue weighted by Gasteiger charge is 2.13. The minimum atomic E-state index is -0.234. The number of hydrogen-bond donors (Lipinski definition) is 0. The van der Waals surface area contributed by atoms with Crippen LogP contribution in [0.15, 0.2) is 45.6 Å². The molecule has 0 aliphatic carbocycles. The van der Waals surface area contributed by atoms with Gasteiger partial charge in [0.15, 0.2) is 0 Å². The molecule has 1 heterocycles. The third-order valence-corrected chi connectivity index (χ3v) is 3.30. The maximum Gasteiger partial charge on any atom is 0.336 e. The van der Waals surface area contributed by atoms with E-state index in [4.69, 9.17) is 4.42 Å². The predicted octanol–water partition coefficient (Wildman–Crippen LogP) is 4.21. The third kappa shape index (κ3) is 3.14. The van der Waals surface area contributed by atoms with Crippen LogP contribution in [0.4, 0.5) is 0 Å². The fourth-order valence-electron chi connectivity index (χ4n) is 2.36. The van der Waals surface area contributed by atoms with Crippen molar-refractivity contribution in [1.29, 1.82) is 0 Å². The van der Waals surface area contributed by atoms with Crippen molar-refractivity contribution in [1.82, 2.24) is 0 Å². The van der Waals surface area contributed by atoms with Gasteiger partial charge in [0.25, 0.3) is 0 Å². The van der Waals surface area contributed by atoms with E-state index in [1.807, 2.05) is 25.1 Å². The lowest BCUT2D eigenvalue weighted by molar-refractivity contribution is 0.464. The maximum absolute atomic E-state index is 11.7. The standard InChI is InChI=1S/C17H20O2/c1-3-5-9-14-12-16(18)19-15(4-2)17(14)13-10-7-6-8-11-13/h6-8,10-12H,3-5,9H2,1-2H3. The Bertz CT molecular complexity index is 582. The van der Waals surface area contributed by atoms with E-state index in [1.54, 1.807) is 6.07 Å². The van der Waals surface area contributed by atoms with Gasteiger partial charge in [-0.25, -0.2) is 4.79 Å². The predicted molar refractivity (Wildman–Crippen MR) is 78.4 cm³/mol. The Labute approximate surface area is 114 Å². The Morgan fingerprint density at radius 2 is 1.84 bits per heavy atom. The van der Waals surface area contributed by atoms with Crippen molar-refractivity contribution >= 4 is 0 Å². The second-order valence-electron chi connectivity index (χ2n) is 4.71. The molecule has 0 radical (unpaired) electrons. The van der Waals surface area contributed by atoms with Crippen LogP contribution in [-0.2, 0) is 12.8 Å². The van der Waals surface area contributed by atoms with Crippen LogP contribution in [0.5, 0.6) is 0 Å². The summed E-state index contributed by atoms with van der Waals surface area (Å²) < 4.78 is 5.38. The monoisotopic (exact) mass is 256 g/mol. The van der Waals surface area contributed by atoms with E-state index >= 15 is 0 Å². The van der Waals surface area contributed by atoms with Gasteiger partial charge >= 0.3 is 5.63 Å². The van der Waals surface area contributed by atoms with Gasteiger partial charge in [-0.2, -0.15) is 0 Å². The summed E-state index contributed by atoms with van der Waals surface area (Å²) in [4.78, 5) is 11.7. The summed E-state index contributed by atoms with van der Waals surface area (Å²) in [6, 6.07) is 11.8. The fraction of sp³-hybridized carbons (Fsp3) is 0.353. The molecule has 0 bridgehead atoms. The molecule has 0 spiro atoms. The van der Waals surface area contributed by atoms with Gasteiger partial charge < -0.3 is 4.42 Å². The Balaban J connectivity index is 2.58. The highest BCUT2D eigenvalue weighted by Crippen LogP contribution is 2.28. The van der Waals surface area contributed by atoms with Crippen molar-refractivity contribution in [2.45, 2.75) is 39.5 Å². The van der Waals surface area contributed by atoms with Crippen LogP contribution in [0.3, 0.4) is 0 Å². The largest absolute Gasteiger partial charge is 0.427 e. The average molecular weight is 256 g/mol. The first-order valence-electron chi connectivity index (χ1n) is 6.97. The molecule has 0 amide bonds. The van der Waals surface area contributed by atoms with Crippen molar-refractivity contribution in [2.24, 2.45) is 0 Å². The van der Waals surface area contributed by atoms with Crippen LogP contribution in [0.25, 0.3) is 11.1 Å². The first-order chi connectivity index (χ1) is 9.26. The Hall–Kier alpha value is -1.83. The van der Waals surface area contributed by atoms with Crippen molar-refractivity contribution in [3.05, 3.63) is 58.1 Å². The smallest absolute Gasteiger partial charge is 0.336 e. The van der Waals surface area contributed by atoms with E-state index < -0.39 is 0 Å². The molecule has 0 saturated heterocycles. The molecule has 1 aromatic carbocycles. The van der Waals surface area contributed by atoms with Crippen molar-refractivity contribution in [2.75, 3.05) is 0 Å². The van der Waals surface area contributed by atoms with Crippen molar-refractivity contribution in [3.8, 4) is 11.1 Å². The number of benzene rings is 1. The second-order valence-corrected chi connectivity index (χ2v) is 4.71. The molecule has 0 aliphatic rings. The summed E-state index contributed by atoms with van der Waals surface area (Å²) in [5.41, 5.74) is 3.12. The van der Waals surface area contributed by atoms with Crippen LogP contribution in [0, 0.1) is 0 Å². The molecule has 0 fully saturated rings. The molecular formula is C17H20O2. The summed E-state index contributed by atoms with van der Waals surface area (Å²) in [6.45, 7) is 4.18. The van der Waals surface area contributed by atoms with Gasteiger partial charge in [0, 0.05) is 18.1 Å². The van der Waals surface area contributed by atoms with Gasteiger partial charge in [-0.3, -0.25) is 0 Å². The third-order valence-electron chi connectivity index (χ3n) is 3.30. The Kier molecular flexibility index (Phi) is 4.56. The molecule has 0 N–H and O–H groups in total. The highest BCUT2D eigenvalue weighted by atomic mass is 16.4. The molecule has 0 saturated carbocycles. The highest BCUT2D eigenvalue weighted by molar-refractivity contribution is 5.69. The minimum absolute atomic E-state index is 0.234. The van der Waals surface area contributed by atoms with Gasteiger partial charge in [0.2, 0.25) is 0 Å². The van der Waals surface area contributed by atoms with Crippen LogP contribution in [-0.4, -0.2) is 0 Å². The molecule has 2 nitrogen and oxygen atoms in total. The summed E-state index contributed by atoms with van der Waals surface area (Å²) in [6.07, 6.45) is 3.88. The summed E-state index contributed by atoms with van der Waals surface area (Å²) in [7, 11) is 0. The van der Waals surface area contributed by atoms with E-state index in [9.17, 15) is 4.79 Å². The molecule has 2 heteroatoms. The van der Waals surface area contributed by atoms with Crippen molar-refractivity contribution < 1.29 is 4.42 Å². The lowest BCUT2D eigenvalue weighted by Gasteiger charge is -2.12. The van der Waals surface area contributed by atoms with Crippen LogP contribution in [0.2, 0.25) is 0 Å². The number of unbranched alkanes of at least 4 members (excludes halogenated alkanes) is 1. The van der Waals surface area contributed by atoms with Crippen LogP contribution >= 0.6 is 0 Å². The van der Waals surface area contributed by atoms with E-state index in [1.165, 1.54) is 0 Å². The van der Waals surface area contributed by atoms with Crippen LogP contribution in [0.1, 0.15) is 38.0 Å². The number of rotatable bonds is 5. The molecule has 0 unspecified atom stereocenters. The zero-order valence-electron chi connectivity index (χ0n) is 11.6. The normalized spacial score (nSPS) is 10.6. The average Bonchev–Trinajstić information content (AvgIpc) is 2.45. The molecule has 100 valence electrons. The number of aryl methyl sites for hydroxylation is 2. The summed E-state index contributed by atoms with van der Waals surface area (Å²) >= 11 is 0. The first kappa shape index (κ1) is 13.6. The SMILES string of the molecule is CCCCc1cc(=O)oc(CC)c1-c1ccccc1. The molecule has 0 atom stereocenters. The lowest BCUT2D eigenvalue weighted by atomic mass is 9.95. The fourth-order valence-corrected chi connectivity index (χ4v) is 2.36. The zero-order valence-corrected chi connectivity index (χ0v) is 11.6. The van der Waals surface area contributed by atoms with E-state index in [0.29, 0.717) is 0 Å². The molecule has 0 aliphatic heterocycles. The summed E-state index contributed by atoms with van der Waals surface area (Å²) in [5.74, 6) is 0.796. The van der Waals surface area contributed by atoms with Gasteiger partial charge in [-0.05, 0) is 24.0 Å². The van der Waals surface area contributed by atoms with Crippen LogP contribution < -0.4 is 5.63 Å². The quantitative estimate of drug-likeness (QED) is 0.802. The van der Waals surface area contributed by atoms with Gasteiger partial charge in [-0.15, -0.1) is 0 Å². The topological polar surface area (TPSA) is 30.2 Å². The zero-order chi connectivity index (χ0) is 13.7. The molecular weight excluding hydrogens is 236 g/mol. The molecule has 1 aromatic heterocycles. The molecule has 19 heavy (non-hydrogen) atoms. The minimum Gasteiger partial charge on any atom is -0.427 e. The van der Waals surface area contributed by atoms with Gasteiger partial charge in [-0.1, -0.05) is 50.6 Å². The van der Waals surface area contributed by atoms with Gasteiger partial charge in [0.05, 0.1) is 0 Å². The molecule has 2 rings (SSSR count). The second kappa shape index (κ2) is 6.37. The van der Waals surface area contributed by atoms with Gasteiger partial charge in [0.1, 0.15) is 5.76 Å². The summed E-state index contributed by atoms with van der Waals surface area (Å²) in [5, 5.41) is 0. The molecule has 2 aromatic rings.